The van der Waals surface area contributed by atoms with Crippen LogP contribution in [0.4, 0.5) is 19.1 Å². The fourth-order valence-corrected chi connectivity index (χ4v) is 4.57. The molecule has 3 heterocycles. The summed E-state index contributed by atoms with van der Waals surface area (Å²) in [4.78, 5) is 40.4. The highest BCUT2D eigenvalue weighted by Gasteiger charge is 2.68. The standard InChI is InChI=1S/C25H21F3N6O3/c26-25(27,28)24(9-10-24)22-30-19(32-37-22)15-5-7-16(8-6-15)21(36)33-11-13-34(14-12-33)23-29-18-4-2-1-3-17(18)20(35)31-23/h1-8H,9-14H2,(H,29,31,35). The highest BCUT2D eigenvalue weighted by Crippen LogP contribution is 2.58. The average molecular weight is 510 g/mol. The van der Waals surface area contributed by atoms with Gasteiger partial charge >= 0.3 is 6.18 Å². The fourth-order valence-electron chi connectivity index (χ4n) is 4.57. The van der Waals surface area contributed by atoms with Crippen LogP contribution in [0.25, 0.3) is 22.3 Å². The quantitative estimate of drug-likeness (QED) is 0.448. The molecule has 37 heavy (non-hydrogen) atoms. The summed E-state index contributed by atoms with van der Waals surface area (Å²) in [7, 11) is 0. The molecule has 190 valence electrons. The summed E-state index contributed by atoms with van der Waals surface area (Å²) in [5.41, 5.74) is -0.739. The van der Waals surface area contributed by atoms with E-state index in [1.54, 1.807) is 47.4 Å². The van der Waals surface area contributed by atoms with E-state index in [0.717, 1.165) is 0 Å². The molecule has 0 radical (unpaired) electrons. The lowest BCUT2D eigenvalue weighted by molar-refractivity contribution is -0.166. The number of anilines is 1. The van der Waals surface area contributed by atoms with Crippen LogP contribution in [0.2, 0.25) is 0 Å². The zero-order valence-electron chi connectivity index (χ0n) is 19.5. The first-order valence-corrected chi connectivity index (χ1v) is 11.8. The first-order valence-electron chi connectivity index (χ1n) is 11.8. The second-order valence-corrected chi connectivity index (χ2v) is 9.27. The second kappa shape index (κ2) is 8.43. The predicted octanol–water partition coefficient (Wildman–Crippen LogP) is 3.53. The number of carbonyl (C=O) groups excluding carboxylic acids is 1. The summed E-state index contributed by atoms with van der Waals surface area (Å²) in [5.74, 6) is -0.0719. The Balaban J connectivity index is 1.12. The third-order valence-electron chi connectivity index (χ3n) is 6.98. The van der Waals surface area contributed by atoms with E-state index in [4.69, 9.17) is 4.52 Å². The van der Waals surface area contributed by atoms with Crippen LogP contribution >= 0.6 is 0 Å². The summed E-state index contributed by atoms with van der Waals surface area (Å²) in [5, 5.41) is 4.24. The summed E-state index contributed by atoms with van der Waals surface area (Å²) in [6.45, 7) is 1.87. The van der Waals surface area contributed by atoms with Crippen molar-refractivity contribution in [3.8, 4) is 11.4 Å². The second-order valence-electron chi connectivity index (χ2n) is 9.27. The Kier molecular flexibility index (Phi) is 5.28. The Morgan fingerprint density at radius 3 is 2.35 bits per heavy atom. The third-order valence-corrected chi connectivity index (χ3v) is 6.98. The molecule has 1 N–H and O–H groups in total. The Morgan fingerprint density at radius 1 is 0.973 bits per heavy atom. The third kappa shape index (κ3) is 4.02. The van der Waals surface area contributed by atoms with E-state index in [0.29, 0.717) is 54.2 Å². The number of nitrogens with one attached hydrogen (secondary N) is 1. The van der Waals surface area contributed by atoms with Crippen molar-refractivity contribution in [2.24, 2.45) is 0 Å². The topological polar surface area (TPSA) is 108 Å². The van der Waals surface area contributed by atoms with Crippen molar-refractivity contribution in [3.05, 3.63) is 70.3 Å². The van der Waals surface area contributed by atoms with Crippen molar-refractivity contribution in [2.45, 2.75) is 24.4 Å². The SMILES string of the molecule is O=C(c1ccc(-c2noc(C3(C(F)(F)F)CC3)n2)cc1)N1CCN(c2nc3ccccc3c(=O)[nH]2)CC1. The van der Waals surface area contributed by atoms with Crippen LogP contribution in [0, 0.1) is 0 Å². The van der Waals surface area contributed by atoms with E-state index in [1.165, 1.54) is 0 Å². The van der Waals surface area contributed by atoms with Gasteiger partial charge in [-0.15, -0.1) is 0 Å². The van der Waals surface area contributed by atoms with Crippen molar-refractivity contribution >= 4 is 22.8 Å². The number of amides is 1. The van der Waals surface area contributed by atoms with Crippen molar-refractivity contribution in [2.75, 3.05) is 31.1 Å². The number of halogens is 3. The molecule has 1 saturated heterocycles. The van der Waals surface area contributed by atoms with Crippen LogP contribution in [0.3, 0.4) is 0 Å². The van der Waals surface area contributed by atoms with E-state index >= 15 is 0 Å². The number of rotatable bonds is 4. The Morgan fingerprint density at radius 2 is 1.68 bits per heavy atom. The lowest BCUT2D eigenvalue weighted by Crippen LogP contribution is -2.49. The van der Waals surface area contributed by atoms with Gasteiger partial charge in [-0.1, -0.05) is 29.4 Å². The van der Waals surface area contributed by atoms with Crippen molar-refractivity contribution in [1.82, 2.24) is 25.0 Å². The van der Waals surface area contributed by atoms with Gasteiger partial charge in [-0.25, -0.2) is 4.98 Å². The smallest absolute Gasteiger partial charge is 0.339 e. The molecular weight excluding hydrogens is 489 g/mol. The number of piperazine rings is 1. The van der Waals surface area contributed by atoms with Crippen LogP contribution in [-0.4, -0.2) is 63.3 Å². The number of aromatic nitrogens is 4. The van der Waals surface area contributed by atoms with Gasteiger partial charge in [-0.05, 0) is 37.1 Å². The van der Waals surface area contributed by atoms with Crippen molar-refractivity contribution in [1.29, 1.82) is 0 Å². The van der Waals surface area contributed by atoms with Gasteiger partial charge in [0.25, 0.3) is 11.5 Å². The fraction of sp³-hybridized carbons (Fsp3) is 0.320. The van der Waals surface area contributed by atoms with Crippen LogP contribution in [0.5, 0.6) is 0 Å². The van der Waals surface area contributed by atoms with Crippen LogP contribution < -0.4 is 10.5 Å². The number of aromatic amines is 1. The molecule has 2 fully saturated rings. The van der Waals surface area contributed by atoms with Gasteiger partial charge in [0.1, 0.15) is 5.41 Å². The molecule has 2 aromatic carbocycles. The van der Waals surface area contributed by atoms with Crippen molar-refractivity contribution in [3.63, 3.8) is 0 Å². The maximum Gasteiger partial charge on any atom is 0.403 e. The summed E-state index contributed by atoms with van der Waals surface area (Å²) < 4.78 is 44.9. The maximum absolute atomic E-state index is 13.3. The normalized spacial score (nSPS) is 17.3. The highest BCUT2D eigenvalue weighted by molar-refractivity contribution is 5.94. The number of hydrogen-bond donors (Lipinski definition) is 1. The Labute approximate surface area is 207 Å². The van der Waals surface area contributed by atoms with Gasteiger partial charge in [0.15, 0.2) is 0 Å². The van der Waals surface area contributed by atoms with Crippen LogP contribution in [-0.2, 0) is 5.41 Å². The van der Waals surface area contributed by atoms with Gasteiger partial charge in [-0.2, -0.15) is 18.2 Å². The molecule has 1 aliphatic heterocycles. The lowest BCUT2D eigenvalue weighted by atomic mass is 10.1. The Bertz CT molecular complexity index is 1530. The molecule has 1 amide bonds. The molecule has 0 unspecified atom stereocenters. The minimum atomic E-state index is -4.43. The number of H-pyrrole nitrogens is 1. The monoisotopic (exact) mass is 510 g/mol. The van der Waals surface area contributed by atoms with Gasteiger partial charge in [0.05, 0.1) is 10.9 Å². The number of fused-ring (bicyclic) bond motifs is 1. The zero-order valence-corrected chi connectivity index (χ0v) is 19.5. The number of alkyl halides is 3. The van der Waals surface area contributed by atoms with Gasteiger partial charge in [0, 0.05) is 37.3 Å². The lowest BCUT2D eigenvalue weighted by Gasteiger charge is -2.35. The number of carbonyl (C=O) groups is 1. The number of para-hydroxylation sites is 1. The van der Waals surface area contributed by atoms with Gasteiger partial charge < -0.3 is 14.3 Å². The van der Waals surface area contributed by atoms with Crippen LogP contribution in [0.1, 0.15) is 29.1 Å². The van der Waals surface area contributed by atoms with Gasteiger partial charge in [0.2, 0.25) is 17.7 Å². The molecule has 6 rings (SSSR count). The van der Waals surface area contributed by atoms with E-state index in [-0.39, 0.29) is 30.1 Å². The number of hydrogen-bond acceptors (Lipinski definition) is 7. The molecule has 12 heteroatoms. The molecule has 1 aliphatic carbocycles. The molecule has 2 aromatic heterocycles. The molecule has 2 aliphatic rings. The van der Waals surface area contributed by atoms with E-state index < -0.39 is 17.5 Å². The molecule has 0 spiro atoms. The molecule has 4 aromatic rings. The van der Waals surface area contributed by atoms with Gasteiger partial charge in [-0.3, -0.25) is 14.6 Å². The molecular formula is C25H21F3N6O3. The largest absolute Gasteiger partial charge is 0.403 e. The molecule has 1 saturated carbocycles. The van der Waals surface area contributed by atoms with Crippen LogP contribution in [0.15, 0.2) is 57.8 Å². The molecule has 9 nitrogen and oxygen atoms in total. The molecule has 0 atom stereocenters. The Hall–Kier alpha value is -4.22. The minimum Gasteiger partial charge on any atom is -0.339 e. The summed E-state index contributed by atoms with van der Waals surface area (Å²) in [6, 6.07) is 13.5. The zero-order chi connectivity index (χ0) is 25.8. The average Bonchev–Trinajstić information content (AvgIpc) is 3.59. The maximum atomic E-state index is 13.3. The van der Waals surface area contributed by atoms with E-state index in [2.05, 4.69) is 20.1 Å². The van der Waals surface area contributed by atoms with E-state index in [1.807, 2.05) is 11.0 Å². The first kappa shape index (κ1) is 23.2. The van der Waals surface area contributed by atoms with Crippen molar-refractivity contribution < 1.29 is 22.5 Å². The summed E-state index contributed by atoms with van der Waals surface area (Å²) in [6.07, 6.45) is -4.56. The highest BCUT2D eigenvalue weighted by atomic mass is 19.4. The number of benzene rings is 2. The minimum absolute atomic E-state index is 0.0509. The van der Waals surface area contributed by atoms with E-state index in [9.17, 15) is 22.8 Å². The first-order chi connectivity index (χ1) is 17.7. The predicted molar refractivity (Wildman–Crippen MR) is 127 cm³/mol. The number of nitrogens with zero attached hydrogens (tertiary/aromatic N) is 5. The molecule has 0 bridgehead atoms. The summed E-state index contributed by atoms with van der Waals surface area (Å²) >= 11 is 0.